The fourth-order valence-electron chi connectivity index (χ4n) is 7.06. The van der Waals surface area contributed by atoms with Crippen LogP contribution in [0.15, 0.2) is 23.3 Å². The second-order valence-corrected chi connectivity index (χ2v) is 10.5. The number of nitrogens with zero attached hydrogens (tertiary/aromatic N) is 1. The Bertz CT molecular complexity index is 612. The summed E-state index contributed by atoms with van der Waals surface area (Å²) >= 11 is 0. The third-order valence-corrected chi connectivity index (χ3v) is 8.45. The first-order valence-corrected chi connectivity index (χ1v) is 12.0. The molecule has 0 aromatic carbocycles. The Labute approximate surface area is 177 Å². The van der Waals surface area contributed by atoms with Gasteiger partial charge in [0.25, 0.3) is 0 Å². The van der Waals surface area contributed by atoms with Crippen LogP contribution in [0, 0.1) is 23.2 Å². The number of hydrogen-bond acceptors (Lipinski definition) is 4. The lowest BCUT2D eigenvalue weighted by Crippen LogP contribution is -2.43. The molecule has 0 spiro atoms. The molecule has 3 saturated carbocycles. The molecule has 4 heteroatoms. The predicted octanol–water partition coefficient (Wildman–Crippen LogP) is 3.93. The Morgan fingerprint density at radius 2 is 1.86 bits per heavy atom. The molecule has 0 radical (unpaired) electrons. The molecule has 4 nitrogen and oxygen atoms in total. The quantitative estimate of drug-likeness (QED) is 0.747. The van der Waals surface area contributed by atoms with E-state index in [2.05, 4.69) is 30.9 Å². The molecule has 4 aliphatic rings. The smallest absolute Gasteiger partial charge is 0.0602 e. The Balaban J connectivity index is 1.44. The van der Waals surface area contributed by atoms with E-state index in [1.54, 1.807) is 5.57 Å². The van der Waals surface area contributed by atoms with Crippen LogP contribution >= 0.6 is 0 Å². The van der Waals surface area contributed by atoms with Gasteiger partial charge in [0.1, 0.15) is 0 Å². The molecule has 4 rings (SSSR count). The number of morpholine rings is 1. The van der Waals surface area contributed by atoms with Crippen LogP contribution in [-0.4, -0.2) is 60.2 Å². The second-order valence-electron chi connectivity index (χ2n) is 10.5. The van der Waals surface area contributed by atoms with Crippen LogP contribution in [0.4, 0.5) is 0 Å². The van der Waals surface area contributed by atoms with E-state index in [9.17, 15) is 10.2 Å². The van der Waals surface area contributed by atoms with Crippen molar-refractivity contribution in [1.82, 2.24) is 4.90 Å². The largest absolute Gasteiger partial charge is 0.393 e. The number of fused-ring (bicyclic) bond motifs is 1. The molecule has 1 heterocycles. The van der Waals surface area contributed by atoms with Gasteiger partial charge in [-0.1, -0.05) is 37.1 Å². The van der Waals surface area contributed by atoms with E-state index in [0.717, 1.165) is 51.0 Å². The monoisotopic (exact) mass is 403 g/mol. The maximum Gasteiger partial charge on any atom is 0.0602 e. The van der Waals surface area contributed by atoms with Crippen LogP contribution in [0.25, 0.3) is 0 Å². The molecule has 6 atom stereocenters. The van der Waals surface area contributed by atoms with Crippen LogP contribution in [-0.2, 0) is 4.74 Å². The summed E-state index contributed by atoms with van der Waals surface area (Å²) in [6, 6.07) is 0. The van der Waals surface area contributed by atoms with E-state index in [1.165, 1.54) is 44.2 Å². The predicted molar refractivity (Wildman–Crippen MR) is 117 cm³/mol. The average molecular weight is 404 g/mol. The zero-order chi connectivity index (χ0) is 20.4. The standard InChI is InChI=1S/C25H41NO3/c1-18(17-26-10-12-29-13-11-26)23-7-8-24-20(4-3-9-25(23,24)2)6-5-19-14-21(27)16-22(28)15-19/h5-6,18,21-24,27-28H,3-4,7-17H2,1-2H3/b20-6+/t18?,21-,22-,23-,24+,25-/m1/s1. The van der Waals surface area contributed by atoms with Crippen molar-refractivity contribution < 1.29 is 14.9 Å². The van der Waals surface area contributed by atoms with Crippen LogP contribution in [0.5, 0.6) is 0 Å². The number of aliphatic hydroxyl groups is 2. The van der Waals surface area contributed by atoms with E-state index in [-0.39, 0.29) is 12.2 Å². The van der Waals surface area contributed by atoms with Crippen LogP contribution in [0.2, 0.25) is 0 Å². The molecular weight excluding hydrogens is 362 g/mol. The molecule has 0 aromatic rings. The van der Waals surface area contributed by atoms with E-state index < -0.39 is 0 Å². The highest BCUT2D eigenvalue weighted by atomic mass is 16.5. The van der Waals surface area contributed by atoms with Crippen molar-refractivity contribution in [3.05, 3.63) is 23.3 Å². The van der Waals surface area contributed by atoms with Crippen LogP contribution in [0.3, 0.4) is 0 Å². The van der Waals surface area contributed by atoms with E-state index in [4.69, 9.17) is 4.74 Å². The third kappa shape index (κ3) is 4.81. The highest BCUT2D eigenvalue weighted by Gasteiger charge is 2.50. The summed E-state index contributed by atoms with van der Waals surface area (Å²) in [7, 11) is 0. The van der Waals surface area contributed by atoms with Gasteiger partial charge in [0.05, 0.1) is 25.4 Å². The summed E-state index contributed by atoms with van der Waals surface area (Å²) in [5.41, 5.74) is 3.27. The van der Waals surface area contributed by atoms with Crippen molar-refractivity contribution >= 4 is 0 Å². The maximum absolute atomic E-state index is 9.98. The van der Waals surface area contributed by atoms with Gasteiger partial charge in [-0.2, -0.15) is 0 Å². The molecule has 0 aromatic heterocycles. The minimum Gasteiger partial charge on any atom is -0.393 e. The van der Waals surface area contributed by atoms with Gasteiger partial charge < -0.3 is 14.9 Å². The number of ether oxygens (including phenoxy) is 1. The number of aliphatic hydroxyl groups excluding tert-OH is 2. The fourth-order valence-corrected chi connectivity index (χ4v) is 7.06. The summed E-state index contributed by atoms with van der Waals surface area (Å²) in [5, 5.41) is 20.0. The molecule has 1 unspecified atom stereocenters. The maximum atomic E-state index is 9.98. The lowest BCUT2D eigenvalue weighted by molar-refractivity contribution is 0.0155. The van der Waals surface area contributed by atoms with Gasteiger partial charge in [0.15, 0.2) is 0 Å². The highest BCUT2D eigenvalue weighted by Crippen LogP contribution is 2.59. The lowest BCUT2D eigenvalue weighted by Gasteiger charge is -2.45. The van der Waals surface area contributed by atoms with Crippen molar-refractivity contribution in [1.29, 1.82) is 0 Å². The van der Waals surface area contributed by atoms with Crippen molar-refractivity contribution in [3.8, 4) is 0 Å². The fraction of sp³-hybridized carbons (Fsp3) is 0.840. The highest BCUT2D eigenvalue weighted by molar-refractivity contribution is 5.26. The minimum atomic E-state index is -0.378. The molecule has 1 saturated heterocycles. The van der Waals surface area contributed by atoms with Gasteiger partial charge in [0.2, 0.25) is 0 Å². The Kier molecular flexibility index (Phi) is 6.85. The van der Waals surface area contributed by atoms with Crippen LogP contribution in [0.1, 0.15) is 65.2 Å². The van der Waals surface area contributed by atoms with Gasteiger partial charge in [-0.05, 0) is 74.5 Å². The Morgan fingerprint density at radius 3 is 2.59 bits per heavy atom. The van der Waals surface area contributed by atoms with Gasteiger partial charge in [0, 0.05) is 19.6 Å². The van der Waals surface area contributed by atoms with E-state index in [0.29, 0.717) is 17.8 Å². The minimum absolute atomic E-state index is 0.378. The van der Waals surface area contributed by atoms with E-state index >= 15 is 0 Å². The molecule has 3 aliphatic carbocycles. The number of allylic oxidation sites excluding steroid dienone is 3. The van der Waals surface area contributed by atoms with Crippen molar-refractivity contribution in [2.75, 3.05) is 32.8 Å². The molecule has 164 valence electrons. The SMILES string of the molecule is CC(CN1CCOCC1)[C@H]1CC[C@H]2/C(=C/C=C3C[C@@H](O)C[C@H](O)C3)CCC[C@]12C. The third-order valence-electron chi connectivity index (χ3n) is 8.45. The molecule has 1 aliphatic heterocycles. The molecule has 4 fully saturated rings. The Morgan fingerprint density at radius 1 is 1.14 bits per heavy atom. The van der Waals surface area contributed by atoms with Crippen molar-refractivity contribution in [2.45, 2.75) is 77.4 Å². The van der Waals surface area contributed by atoms with E-state index in [1.807, 2.05) is 0 Å². The summed E-state index contributed by atoms with van der Waals surface area (Å²) < 4.78 is 5.53. The topological polar surface area (TPSA) is 52.9 Å². The molecule has 29 heavy (non-hydrogen) atoms. The average Bonchev–Trinajstić information content (AvgIpc) is 3.04. The van der Waals surface area contributed by atoms with Gasteiger partial charge in [-0.15, -0.1) is 0 Å². The lowest BCUT2D eigenvalue weighted by atomic mass is 9.61. The number of hydrogen-bond donors (Lipinski definition) is 2. The Hall–Kier alpha value is -0.680. The summed E-state index contributed by atoms with van der Waals surface area (Å²) in [6.07, 6.45) is 12.4. The van der Waals surface area contributed by atoms with Crippen molar-refractivity contribution in [2.24, 2.45) is 23.2 Å². The van der Waals surface area contributed by atoms with Crippen molar-refractivity contribution in [3.63, 3.8) is 0 Å². The summed E-state index contributed by atoms with van der Waals surface area (Å²) in [5.74, 6) is 2.26. The summed E-state index contributed by atoms with van der Waals surface area (Å²) in [4.78, 5) is 2.61. The first-order valence-electron chi connectivity index (χ1n) is 12.0. The normalized spacial score (nSPS) is 41.4. The van der Waals surface area contributed by atoms with Gasteiger partial charge in [-0.25, -0.2) is 0 Å². The molecule has 2 N–H and O–H groups in total. The van der Waals surface area contributed by atoms with Gasteiger partial charge >= 0.3 is 0 Å². The zero-order valence-electron chi connectivity index (χ0n) is 18.5. The molecular formula is C25H41NO3. The van der Waals surface area contributed by atoms with Gasteiger partial charge in [-0.3, -0.25) is 4.90 Å². The molecule has 0 amide bonds. The zero-order valence-corrected chi connectivity index (χ0v) is 18.5. The first-order chi connectivity index (χ1) is 14.0. The first kappa shape index (κ1) is 21.5. The van der Waals surface area contributed by atoms with Crippen LogP contribution < -0.4 is 0 Å². The second kappa shape index (κ2) is 9.21. The summed E-state index contributed by atoms with van der Waals surface area (Å²) in [6.45, 7) is 10.2. The molecule has 0 bridgehead atoms. The number of rotatable bonds is 4.